The van der Waals surface area contributed by atoms with Gasteiger partial charge in [0.05, 0.1) is 13.2 Å². The maximum Gasteiger partial charge on any atom is 0.341 e. The number of esters is 1. The Morgan fingerprint density at radius 1 is 1.26 bits per heavy atom. The van der Waals surface area contributed by atoms with Crippen molar-refractivity contribution in [1.29, 1.82) is 0 Å². The predicted molar refractivity (Wildman–Crippen MR) is 87.1 cm³/mol. The van der Waals surface area contributed by atoms with E-state index >= 15 is 0 Å². The fourth-order valence-corrected chi connectivity index (χ4v) is 2.30. The SMILES string of the molecule is CCC(=O)NC(C)c1ccc(-c2cc(C(=O)OC)c(C)o2)cc1. The molecule has 5 heteroatoms. The molecule has 1 aromatic heterocycles. The van der Waals surface area contributed by atoms with E-state index in [9.17, 15) is 9.59 Å². The van der Waals surface area contributed by atoms with E-state index in [1.807, 2.05) is 38.1 Å². The van der Waals surface area contributed by atoms with Gasteiger partial charge in [0.1, 0.15) is 17.1 Å². The van der Waals surface area contributed by atoms with Gasteiger partial charge in [0.15, 0.2) is 0 Å². The van der Waals surface area contributed by atoms with Crippen LogP contribution >= 0.6 is 0 Å². The third kappa shape index (κ3) is 3.80. The molecule has 1 unspecified atom stereocenters. The van der Waals surface area contributed by atoms with Crippen molar-refractivity contribution >= 4 is 11.9 Å². The number of carbonyl (C=O) groups is 2. The van der Waals surface area contributed by atoms with E-state index in [4.69, 9.17) is 9.15 Å². The molecule has 0 fully saturated rings. The third-order valence-corrected chi connectivity index (χ3v) is 3.72. The van der Waals surface area contributed by atoms with Crippen molar-refractivity contribution in [2.45, 2.75) is 33.2 Å². The van der Waals surface area contributed by atoms with Gasteiger partial charge in [0.25, 0.3) is 0 Å². The van der Waals surface area contributed by atoms with Crippen LogP contribution in [0.3, 0.4) is 0 Å². The minimum atomic E-state index is -0.412. The average Bonchev–Trinajstić information content (AvgIpc) is 2.95. The molecule has 2 aromatic rings. The van der Waals surface area contributed by atoms with Crippen molar-refractivity contribution in [2.75, 3.05) is 7.11 Å². The van der Waals surface area contributed by atoms with Gasteiger partial charge in [-0.3, -0.25) is 4.79 Å². The summed E-state index contributed by atoms with van der Waals surface area (Å²) < 4.78 is 10.4. The Labute approximate surface area is 135 Å². The number of hydrogen-bond acceptors (Lipinski definition) is 4. The van der Waals surface area contributed by atoms with Gasteiger partial charge in [-0.25, -0.2) is 4.79 Å². The quantitative estimate of drug-likeness (QED) is 0.856. The summed E-state index contributed by atoms with van der Waals surface area (Å²) in [6.07, 6.45) is 0.463. The van der Waals surface area contributed by atoms with Gasteiger partial charge in [-0.15, -0.1) is 0 Å². The van der Waals surface area contributed by atoms with E-state index in [2.05, 4.69) is 5.32 Å². The van der Waals surface area contributed by atoms with Crippen LogP contribution in [-0.2, 0) is 9.53 Å². The molecule has 0 spiro atoms. The van der Waals surface area contributed by atoms with Crippen LogP contribution < -0.4 is 5.32 Å². The van der Waals surface area contributed by atoms with Gasteiger partial charge in [0, 0.05) is 12.0 Å². The van der Waals surface area contributed by atoms with Crippen molar-refractivity contribution in [3.63, 3.8) is 0 Å². The summed E-state index contributed by atoms with van der Waals surface area (Å²) in [6.45, 7) is 5.49. The number of rotatable bonds is 5. The van der Waals surface area contributed by atoms with Crippen LogP contribution in [0.25, 0.3) is 11.3 Å². The lowest BCUT2D eigenvalue weighted by molar-refractivity contribution is -0.121. The van der Waals surface area contributed by atoms with Crippen LogP contribution in [-0.4, -0.2) is 19.0 Å². The van der Waals surface area contributed by atoms with Crippen LogP contribution in [0.15, 0.2) is 34.7 Å². The summed E-state index contributed by atoms with van der Waals surface area (Å²) in [5.74, 6) is 0.746. The molecule has 5 nitrogen and oxygen atoms in total. The van der Waals surface area contributed by atoms with Gasteiger partial charge in [-0.2, -0.15) is 0 Å². The van der Waals surface area contributed by atoms with Crippen LogP contribution in [0.1, 0.15) is 48.0 Å². The van der Waals surface area contributed by atoms with Crippen LogP contribution in [0.2, 0.25) is 0 Å². The topological polar surface area (TPSA) is 68.5 Å². The summed E-state index contributed by atoms with van der Waals surface area (Å²) in [7, 11) is 1.34. The molecule has 1 amide bonds. The first kappa shape index (κ1) is 16.8. The van der Waals surface area contributed by atoms with Gasteiger partial charge < -0.3 is 14.5 Å². The fourth-order valence-electron chi connectivity index (χ4n) is 2.30. The minimum absolute atomic E-state index is 0.0194. The maximum atomic E-state index is 11.6. The lowest BCUT2D eigenvalue weighted by atomic mass is 10.0. The highest BCUT2D eigenvalue weighted by atomic mass is 16.5. The Bertz CT molecular complexity index is 700. The van der Waals surface area contributed by atoms with Crippen molar-refractivity contribution in [2.24, 2.45) is 0 Å². The number of furan rings is 1. The molecule has 23 heavy (non-hydrogen) atoms. The Morgan fingerprint density at radius 3 is 2.48 bits per heavy atom. The van der Waals surface area contributed by atoms with Gasteiger partial charge >= 0.3 is 5.97 Å². The monoisotopic (exact) mass is 315 g/mol. The number of aryl methyl sites for hydroxylation is 1. The molecule has 0 aliphatic carbocycles. The van der Waals surface area contributed by atoms with E-state index < -0.39 is 5.97 Å². The Morgan fingerprint density at radius 2 is 1.91 bits per heavy atom. The van der Waals surface area contributed by atoms with Crippen LogP contribution in [0.4, 0.5) is 0 Å². The first-order valence-corrected chi connectivity index (χ1v) is 7.54. The van der Waals surface area contributed by atoms with Crippen LogP contribution in [0.5, 0.6) is 0 Å². The summed E-state index contributed by atoms with van der Waals surface area (Å²) >= 11 is 0. The van der Waals surface area contributed by atoms with Crippen molar-refractivity contribution in [3.05, 3.63) is 47.2 Å². The van der Waals surface area contributed by atoms with E-state index in [0.29, 0.717) is 23.5 Å². The molecule has 122 valence electrons. The molecule has 0 saturated carbocycles. The number of ether oxygens (including phenoxy) is 1. The maximum absolute atomic E-state index is 11.6. The van der Waals surface area contributed by atoms with E-state index in [-0.39, 0.29) is 11.9 Å². The minimum Gasteiger partial charge on any atom is -0.465 e. The standard InChI is InChI=1S/C18H21NO4/c1-5-17(20)19-11(2)13-6-8-14(9-7-13)16-10-15(12(3)23-16)18(21)22-4/h6-11H,5H2,1-4H3,(H,19,20). The van der Waals surface area contributed by atoms with Gasteiger partial charge in [-0.05, 0) is 25.5 Å². The molecule has 0 saturated heterocycles. The normalized spacial score (nSPS) is 11.8. The number of benzene rings is 1. The second-order valence-corrected chi connectivity index (χ2v) is 5.34. The van der Waals surface area contributed by atoms with E-state index in [1.54, 1.807) is 13.0 Å². The molecule has 1 heterocycles. The zero-order chi connectivity index (χ0) is 17.0. The average molecular weight is 315 g/mol. The number of hydrogen-bond donors (Lipinski definition) is 1. The molecule has 1 atom stereocenters. The summed E-state index contributed by atoms with van der Waals surface area (Å²) in [5, 5.41) is 2.92. The van der Waals surface area contributed by atoms with Crippen molar-refractivity contribution in [3.8, 4) is 11.3 Å². The van der Waals surface area contributed by atoms with E-state index in [1.165, 1.54) is 7.11 Å². The Kier molecular flexibility index (Phi) is 5.21. The number of carbonyl (C=O) groups excluding carboxylic acids is 2. The molecule has 0 aliphatic rings. The lowest BCUT2D eigenvalue weighted by Crippen LogP contribution is -2.25. The summed E-state index contributed by atoms with van der Waals surface area (Å²) in [6, 6.07) is 9.31. The van der Waals surface area contributed by atoms with Crippen molar-refractivity contribution < 1.29 is 18.7 Å². The number of amides is 1. The molecular weight excluding hydrogens is 294 g/mol. The predicted octanol–water partition coefficient (Wildman–Crippen LogP) is 3.63. The lowest BCUT2D eigenvalue weighted by Gasteiger charge is -2.13. The molecular formula is C18H21NO4. The zero-order valence-electron chi connectivity index (χ0n) is 13.8. The highest BCUT2D eigenvalue weighted by Crippen LogP contribution is 2.27. The van der Waals surface area contributed by atoms with Gasteiger partial charge in [0.2, 0.25) is 5.91 Å². The molecule has 1 N–H and O–H groups in total. The van der Waals surface area contributed by atoms with Crippen molar-refractivity contribution in [1.82, 2.24) is 5.32 Å². The fraction of sp³-hybridized carbons (Fsp3) is 0.333. The summed E-state index contributed by atoms with van der Waals surface area (Å²) in [4.78, 5) is 23.1. The molecule has 2 rings (SSSR count). The summed E-state index contributed by atoms with van der Waals surface area (Å²) in [5.41, 5.74) is 2.29. The second kappa shape index (κ2) is 7.13. The smallest absolute Gasteiger partial charge is 0.341 e. The largest absolute Gasteiger partial charge is 0.465 e. The first-order valence-electron chi connectivity index (χ1n) is 7.54. The van der Waals surface area contributed by atoms with E-state index in [0.717, 1.165) is 11.1 Å². The third-order valence-electron chi connectivity index (χ3n) is 3.72. The molecule has 0 radical (unpaired) electrons. The Hall–Kier alpha value is -2.56. The highest BCUT2D eigenvalue weighted by molar-refractivity contribution is 5.91. The molecule has 0 bridgehead atoms. The molecule has 1 aromatic carbocycles. The number of methoxy groups -OCH3 is 1. The van der Waals surface area contributed by atoms with Crippen LogP contribution in [0, 0.1) is 6.92 Å². The first-order chi connectivity index (χ1) is 11.0. The van der Waals surface area contributed by atoms with Gasteiger partial charge in [-0.1, -0.05) is 31.2 Å². The second-order valence-electron chi connectivity index (χ2n) is 5.34. The number of nitrogens with one attached hydrogen (secondary N) is 1. The zero-order valence-corrected chi connectivity index (χ0v) is 13.8. The highest BCUT2D eigenvalue weighted by Gasteiger charge is 2.16. The Balaban J connectivity index is 2.20. The molecule has 0 aliphatic heterocycles.